The fraction of sp³-hybridized carbons (Fsp3) is 0.647. The van der Waals surface area contributed by atoms with Crippen molar-refractivity contribution in [2.75, 3.05) is 31.6 Å². The Labute approximate surface area is 123 Å². The number of hydrogen-bond donors (Lipinski definition) is 1. The zero-order valence-electron chi connectivity index (χ0n) is 13.3. The lowest BCUT2D eigenvalue weighted by molar-refractivity contribution is 0.185. The van der Waals surface area contributed by atoms with E-state index in [2.05, 4.69) is 55.3 Å². The van der Waals surface area contributed by atoms with E-state index in [4.69, 9.17) is 4.74 Å². The highest BCUT2D eigenvalue weighted by molar-refractivity contribution is 5.54. The molecule has 0 bridgehead atoms. The molecule has 1 aromatic rings. The van der Waals surface area contributed by atoms with Crippen molar-refractivity contribution in [3.63, 3.8) is 0 Å². The van der Waals surface area contributed by atoms with Gasteiger partial charge in [0, 0.05) is 43.5 Å². The number of ether oxygens (including phenoxy) is 1. The minimum absolute atomic E-state index is 0.210. The van der Waals surface area contributed by atoms with E-state index in [0.717, 1.165) is 25.6 Å². The van der Waals surface area contributed by atoms with Crippen molar-refractivity contribution in [1.29, 1.82) is 0 Å². The van der Waals surface area contributed by atoms with Gasteiger partial charge in [0.25, 0.3) is 0 Å². The molecule has 1 unspecified atom stereocenters. The van der Waals surface area contributed by atoms with Crippen LogP contribution in [0.15, 0.2) is 24.3 Å². The van der Waals surface area contributed by atoms with Gasteiger partial charge in [0.1, 0.15) is 0 Å². The second-order valence-electron chi connectivity index (χ2n) is 6.79. The first-order valence-corrected chi connectivity index (χ1v) is 7.56. The molecule has 1 atom stereocenters. The molecule has 0 amide bonds. The monoisotopic (exact) mass is 276 g/mol. The minimum atomic E-state index is 0.210. The molecule has 1 aromatic carbocycles. The SMILES string of the molecule is COCc1ccccc1N1CCC(CNC(C)(C)C)C1. The summed E-state index contributed by atoms with van der Waals surface area (Å²) in [5, 5.41) is 3.62. The second kappa shape index (κ2) is 6.59. The van der Waals surface area contributed by atoms with E-state index >= 15 is 0 Å². The maximum absolute atomic E-state index is 5.31. The average molecular weight is 276 g/mol. The lowest BCUT2D eigenvalue weighted by atomic mass is 10.1. The maximum atomic E-state index is 5.31. The first-order chi connectivity index (χ1) is 9.49. The Balaban J connectivity index is 1.95. The normalized spacial score (nSPS) is 19.6. The molecule has 0 aromatic heterocycles. The Kier molecular flexibility index (Phi) is 5.06. The van der Waals surface area contributed by atoms with Gasteiger partial charge in [-0.15, -0.1) is 0 Å². The van der Waals surface area contributed by atoms with E-state index in [1.54, 1.807) is 7.11 Å². The van der Waals surface area contributed by atoms with Crippen LogP contribution in [0.2, 0.25) is 0 Å². The van der Waals surface area contributed by atoms with Gasteiger partial charge in [-0.3, -0.25) is 0 Å². The molecule has 1 fully saturated rings. The largest absolute Gasteiger partial charge is 0.380 e. The smallest absolute Gasteiger partial charge is 0.0733 e. The molecule has 1 N–H and O–H groups in total. The molecule has 0 saturated carbocycles. The molecule has 3 nitrogen and oxygen atoms in total. The van der Waals surface area contributed by atoms with Gasteiger partial charge < -0.3 is 15.0 Å². The predicted molar refractivity (Wildman–Crippen MR) is 85.2 cm³/mol. The van der Waals surface area contributed by atoms with E-state index in [-0.39, 0.29) is 5.54 Å². The number of nitrogens with one attached hydrogen (secondary N) is 1. The molecule has 0 spiro atoms. The minimum Gasteiger partial charge on any atom is -0.380 e. The Morgan fingerprint density at radius 1 is 1.30 bits per heavy atom. The van der Waals surface area contributed by atoms with Crippen LogP contribution in [0.25, 0.3) is 0 Å². The quantitative estimate of drug-likeness (QED) is 0.894. The third-order valence-corrected chi connectivity index (χ3v) is 3.84. The molecule has 0 radical (unpaired) electrons. The molecule has 0 aliphatic carbocycles. The highest BCUT2D eigenvalue weighted by Crippen LogP contribution is 2.27. The lowest BCUT2D eigenvalue weighted by Crippen LogP contribution is -2.39. The topological polar surface area (TPSA) is 24.5 Å². The zero-order chi connectivity index (χ0) is 14.6. The fourth-order valence-corrected chi connectivity index (χ4v) is 2.77. The summed E-state index contributed by atoms with van der Waals surface area (Å²) in [6.45, 7) is 10.8. The van der Waals surface area contributed by atoms with Crippen LogP contribution in [0.3, 0.4) is 0 Å². The molecule has 1 aliphatic heterocycles. The summed E-state index contributed by atoms with van der Waals surface area (Å²) >= 11 is 0. The van der Waals surface area contributed by atoms with Gasteiger partial charge in [-0.05, 0) is 39.2 Å². The van der Waals surface area contributed by atoms with Gasteiger partial charge in [-0.1, -0.05) is 18.2 Å². The third kappa shape index (κ3) is 4.22. The summed E-state index contributed by atoms with van der Waals surface area (Å²) in [7, 11) is 1.76. The zero-order valence-corrected chi connectivity index (χ0v) is 13.3. The second-order valence-corrected chi connectivity index (χ2v) is 6.79. The average Bonchev–Trinajstić information content (AvgIpc) is 2.85. The number of hydrogen-bond acceptors (Lipinski definition) is 3. The summed E-state index contributed by atoms with van der Waals surface area (Å²) in [5.74, 6) is 0.741. The highest BCUT2D eigenvalue weighted by Gasteiger charge is 2.25. The molecule has 2 rings (SSSR count). The molecular formula is C17H28N2O. The maximum Gasteiger partial charge on any atom is 0.0733 e. The van der Waals surface area contributed by atoms with Crippen molar-refractivity contribution in [2.45, 2.75) is 39.3 Å². The molecular weight excluding hydrogens is 248 g/mol. The summed E-state index contributed by atoms with van der Waals surface area (Å²) in [6.07, 6.45) is 1.27. The Morgan fingerprint density at radius 3 is 2.75 bits per heavy atom. The van der Waals surface area contributed by atoms with E-state index in [1.807, 2.05) is 0 Å². The number of para-hydroxylation sites is 1. The first kappa shape index (κ1) is 15.3. The lowest BCUT2D eigenvalue weighted by Gasteiger charge is -2.24. The van der Waals surface area contributed by atoms with Crippen molar-refractivity contribution < 1.29 is 4.74 Å². The molecule has 1 aliphatic rings. The predicted octanol–water partition coefficient (Wildman–Crippen LogP) is 3.05. The van der Waals surface area contributed by atoms with E-state index < -0.39 is 0 Å². The molecule has 1 heterocycles. The van der Waals surface area contributed by atoms with Crippen LogP contribution < -0.4 is 10.2 Å². The number of nitrogens with zero attached hydrogens (tertiary/aromatic N) is 1. The highest BCUT2D eigenvalue weighted by atomic mass is 16.5. The number of benzene rings is 1. The molecule has 3 heteroatoms. The van der Waals surface area contributed by atoms with Crippen LogP contribution in [0, 0.1) is 5.92 Å². The summed E-state index contributed by atoms with van der Waals surface area (Å²) in [4.78, 5) is 2.50. The Bertz CT molecular complexity index is 425. The first-order valence-electron chi connectivity index (χ1n) is 7.56. The van der Waals surface area contributed by atoms with Crippen LogP contribution >= 0.6 is 0 Å². The number of rotatable bonds is 5. The number of methoxy groups -OCH3 is 1. The summed E-state index contributed by atoms with van der Waals surface area (Å²) in [5.41, 5.74) is 2.84. The molecule has 1 saturated heterocycles. The van der Waals surface area contributed by atoms with E-state index in [9.17, 15) is 0 Å². The van der Waals surface area contributed by atoms with Crippen LogP contribution in [-0.4, -0.2) is 32.3 Å². The molecule has 112 valence electrons. The van der Waals surface area contributed by atoms with Gasteiger partial charge in [-0.2, -0.15) is 0 Å². The summed E-state index contributed by atoms with van der Waals surface area (Å²) < 4.78 is 5.31. The van der Waals surface area contributed by atoms with Crippen LogP contribution in [0.1, 0.15) is 32.8 Å². The summed E-state index contributed by atoms with van der Waals surface area (Å²) in [6, 6.07) is 8.59. The fourth-order valence-electron chi connectivity index (χ4n) is 2.77. The molecule has 20 heavy (non-hydrogen) atoms. The van der Waals surface area contributed by atoms with Crippen molar-refractivity contribution >= 4 is 5.69 Å². The van der Waals surface area contributed by atoms with Gasteiger partial charge in [0.15, 0.2) is 0 Å². The third-order valence-electron chi connectivity index (χ3n) is 3.84. The van der Waals surface area contributed by atoms with E-state index in [1.165, 1.54) is 17.7 Å². The van der Waals surface area contributed by atoms with Gasteiger partial charge in [-0.25, -0.2) is 0 Å². The van der Waals surface area contributed by atoms with Gasteiger partial charge in [0.2, 0.25) is 0 Å². The van der Waals surface area contributed by atoms with Crippen molar-refractivity contribution in [3.05, 3.63) is 29.8 Å². The van der Waals surface area contributed by atoms with Crippen LogP contribution in [0.5, 0.6) is 0 Å². The standard InChI is InChI=1S/C17H28N2O/c1-17(2,3)18-11-14-9-10-19(12-14)16-8-6-5-7-15(16)13-20-4/h5-8,14,18H,9-13H2,1-4H3. The van der Waals surface area contributed by atoms with Crippen molar-refractivity contribution in [3.8, 4) is 0 Å². The van der Waals surface area contributed by atoms with Gasteiger partial charge in [0.05, 0.1) is 6.61 Å². The van der Waals surface area contributed by atoms with E-state index in [0.29, 0.717) is 6.61 Å². The van der Waals surface area contributed by atoms with Crippen molar-refractivity contribution in [1.82, 2.24) is 5.32 Å². The van der Waals surface area contributed by atoms with Crippen LogP contribution in [-0.2, 0) is 11.3 Å². The Hall–Kier alpha value is -1.06. The Morgan fingerprint density at radius 2 is 2.05 bits per heavy atom. The van der Waals surface area contributed by atoms with Gasteiger partial charge >= 0.3 is 0 Å². The number of anilines is 1. The van der Waals surface area contributed by atoms with Crippen molar-refractivity contribution in [2.24, 2.45) is 5.92 Å². The van der Waals surface area contributed by atoms with Crippen LogP contribution in [0.4, 0.5) is 5.69 Å².